The molecule has 0 N–H and O–H groups in total. The van der Waals surface area contributed by atoms with Crippen molar-refractivity contribution >= 4 is 5.97 Å². The maximum Gasteiger partial charge on any atom is 0.460 e. The summed E-state index contributed by atoms with van der Waals surface area (Å²) < 4.78 is 108. The molecule has 0 aliphatic carbocycles. The minimum Gasteiger partial charge on any atom is -0.493 e. The van der Waals surface area contributed by atoms with Gasteiger partial charge in [0, 0.05) is 6.07 Å². The molecule has 0 saturated heterocycles. The van der Waals surface area contributed by atoms with E-state index in [1.807, 2.05) is 0 Å². The van der Waals surface area contributed by atoms with Crippen LogP contribution < -0.4 is 9.47 Å². The van der Waals surface area contributed by atoms with Gasteiger partial charge in [-0.1, -0.05) is 0 Å². The van der Waals surface area contributed by atoms with Gasteiger partial charge in [-0.25, -0.2) is 9.18 Å². The van der Waals surface area contributed by atoms with Crippen LogP contribution in [0, 0.1) is 5.82 Å². The number of methoxy groups -OCH3 is 1. The van der Waals surface area contributed by atoms with Crippen molar-refractivity contribution in [3.05, 3.63) is 24.0 Å². The Balaban J connectivity index is 3.12. The predicted molar refractivity (Wildman–Crippen MR) is 54.5 cm³/mol. The van der Waals surface area contributed by atoms with Gasteiger partial charge in [0.25, 0.3) is 0 Å². The molecule has 1 aromatic rings. The zero-order valence-corrected chi connectivity index (χ0v) is 10.5. The van der Waals surface area contributed by atoms with Gasteiger partial charge in [-0.05, 0) is 12.1 Å². The van der Waals surface area contributed by atoms with Gasteiger partial charge in [-0.15, -0.1) is 0 Å². The number of ether oxygens (including phenoxy) is 2. The van der Waals surface area contributed by atoms with Gasteiger partial charge in [0.2, 0.25) is 0 Å². The molecule has 0 heterocycles. The van der Waals surface area contributed by atoms with E-state index >= 15 is 0 Å². The van der Waals surface area contributed by atoms with Crippen molar-refractivity contribution in [2.45, 2.75) is 18.0 Å². The predicted octanol–water partition coefficient (Wildman–Crippen LogP) is 3.57. The van der Waals surface area contributed by atoms with Crippen LogP contribution in [0.2, 0.25) is 0 Å². The maximum absolute atomic E-state index is 13.0. The summed E-state index contributed by atoms with van der Waals surface area (Å²) in [5.74, 6) is -18.6. The first kappa shape index (κ1) is 18.0. The lowest BCUT2D eigenvalue weighted by molar-refractivity contribution is -0.346. The van der Waals surface area contributed by atoms with E-state index in [4.69, 9.17) is 0 Å². The summed E-state index contributed by atoms with van der Waals surface area (Å²) >= 11 is 0. The van der Waals surface area contributed by atoms with Crippen LogP contribution in [-0.4, -0.2) is 31.1 Å². The van der Waals surface area contributed by atoms with Gasteiger partial charge >= 0.3 is 24.0 Å². The second-order valence-corrected chi connectivity index (χ2v) is 3.83. The maximum atomic E-state index is 13.0. The Hall–Kier alpha value is -2.07. The van der Waals surface area contributed by atoms with E-state index in [1.165, 1.54) is 0 Å². The SMILES string of the molecule is COc1cc(F)ccc1OC(=O)C(F)(F)C(F)(F)C(F)(F)F. The Bertz CT molecular complexity index is 567. The fraction of sp³-hybridized carbons (Fsp3) is 0.364. The molecular formula is C11H6F8O3. The van der Waals surface area contributed by atoms with E-state index in [-0.39, 0.29) is 0 Å². The van der Waals surface area contributed by atoms with E-state index in [9.17, 15) is 39.9 Å². The molecule has 0 fully saturated rings. The lowest BCUT2D eigenvalue weighted by atomic mass is 10.1. The molecule has 0 aromatic heterocycles. The summed E-state index contributed by atoms with van der Waals surface area (Å²) in [4.78, 5) is 11.0. The number of benzene rings is 1. The largest absolute Gasteiger partial charge is 0.493 e. The lowest BCUT2D eigenvalue weighted by Crippen LogP contribution is -2.57. The molecule has 0 spiro atoms. The Morgan fingerprint density at radius 2 is 1.55 bits per heavy atom. The highest BCUT2D eigenvalue weighted by Crippen LogP contribution is 2.47. The van der Waals surface area contributed by atoms with Gasteiger partial charge in [0.15, 0.2) is 11.5 Å². The minimum atomic E-state index is -6.68. The van der Waals surface area contributed by atoms with Crippen LogP contribution in [0.4, 0.5) is 35.1 Å². The third kappa shape index (κ3) is 3.07. The summed E-state index contributed by atoms with van der Waals surface area (Å²) in [5.41, 5.74) is 0. The summed E-state index contributed by atoms with van der Waals surface area (Å²) in [6.07, 6.45) is -6.68. The minimum absolute atomic E-state index is 0.544. The van der Waals surface area contributed by atoms with Crippen molar-refractivity contribution in [3.8, 4) is 11.5 Å². The summed E-state index contributed by atoms with van der Waals surface area (Å²) in [5, 5.41) is 0. The first-order valence-electron chi connectivity index (χ1n) is 5.22. The van der Waals surface area contributed by atoms with Gasteiger partial charge < -0.3 is 9.47 Å². The van der Waals surface area contributed by atoms with Crippen molar-refractivity contribution in [2.75, 3.05) is 7.11 Å². The molecule has 0 aliphatic rings. The third-order valence-corrected chi connectivity index (χ3v) is 2.34. The van der Waals surface area contributed by atoms with Crippen molar-refractivity contribution < 1.29 is 49.4 Å². The van der Waals surface area contributed by atoms with E-state index in [2.05, 4.69) is 9.47 Å². The first-order valence-corrected chi connectivity index (χ1v) is 5.22. The van der Waals surface area contributed by atoms with Crippen molar-refractivity contribution in [2.24, 2.45) is 0 Å². The summed E-state index contributed by atoms with van der Waals surface area (Å²) in [7, 11) is 0.897. The first-order chi connectivity index (χ1) is 9.84. The topological polar surface area (TPSA) is 35.5 Å². The van der Waals surface area contributed by atoms with E-state index in [0.717, 1.165) is 7.11 Å². The molecular weight excluding hydrogens is 332 g/mol. The zero-order chi connectivity index (χ0) is 17.3. The standard InChI is InChI=1S/C11H6F8O3/c1-21-7-4-5(12)2-3-6(7)22-8(20)9(13,14)10(15,16)11(17,18)19/h2-4H,1H3. The molecule has 11 heteroatoms. The van der Waals surface area contributed by atoms with Crippen LogP contribution in [0.15, 0.2) is 18.2 Å². The monoisotopic (exact) mass is 338 g/mol. The van der Waals surface area contributed by atoms with Crippen LogP contribution >= 0.6 is 0 Å². The van der Waals surface area contributed by atoms with Crippen LogP contribution in [0.3, 0.4) is 0 Å². The Kier molecular flexibility index (Phi) is 4.59. The van der Waals surface area contributed by atoms with Gasteiger partial charge in [-0.2, -0.15) is 30.7 Å². The molecule has 1 rings (SSSR count). The Morgan fingerprint density at radius 1 is 1.00 bits per heavy atom. The van der Waals surface area contributed by atoms with Gasteiger partial charge in [0.05, 0.1) is 7.11 Å². The number of hydrogen-bond donors (Lipinski definition) is 0. The number of carbonyl (C=O) groups is 1. The molecule has 0 atom stereocenters. The van der Waals surface area contributed by atoms with Gasteiger partial charge in [0.1, 0.15) is 5.82 Å². The van der Waals surface area contributed by atoms with Gasteiger partial charge in [-0.3, -0.25) is 0 Å². The molecule has 0 amide bonds. The molecule has 0 aliphatic heterocycles. The van der Waals surface area contributed by atoms with Crippen LogP contribution in [0.25, 0.3) is 0 Å². The van der Waals surface area contributed by atoms with Crippen LogP contribution in [0.1, 0.15) is 0 Å². The van der Waals surface area contributed by atoms with Crippen molar-refractivity contribution in [3.63, 3.8) is 0 Å². The fourth-order valence-electron chi connectivity index (χ4n) is 1.20. The average Bonchev–Trinajstić information content (AvgIpc) is 2.38. The lowest BCUT2D eigenvalue weighted by Gasteiger charge is -2.26. The molecule has 1 aromatic carbocycles. The number of alkyl halides is 7. The van der Waals surface area contributed by atoms with Crippen LogP contribution in [0.5, 0.6) is 11.5 Å². The third-order valence-electron chi connectivity index (χ3n) is 2.34. The number of carbonyl (C=O) groups excluding carboxylic acids is 1. The molecule has 22 heavy (non-hydrogen) atoms. The highest BCUT2D eigenvalue weighted by Gasteiger charge is 2.77. The number of halogens is 8. The zero-order valence-electron chi connectivity index (χ0n) is 10.5. The fourth-order valence-corrected chi connectivity index (χ4v) is 1.20. The Morgan fingerprint density at radius 3 is 2.00 bits per heavy atom. The number of rotatable bonds is 4. The van der Waals surface area contributed by atoms with E-state index < -0.39 is 41.3 Å². The molecule has 124 valence electrons. The molecule has 0 radical (unpaired) electrons. The van der Waals surface area contributed by atoms with E-state index in [0.29, 0.717) is 18.2 Å². The van der Waals surface area contributed by atoms with Crippen molar-refractivity contribution in [1.82, 2.24) is 0 Å². The molecule has 0 bridgehead atoms. The normalized spacial score (nSPS) is 13.0. The molecule has 0 saturated carbocycles. The Labute approximate surface area is 117 Å². The smallest absolute Gasteiger partial charge is 0.460 e. The average molecular weight is 338 g/mol. The second-order valence-electron chi connectivity index (χ2n) is 3.83. The summed E-state index contributed by atoms with van der Waals surface area (Å²) in [6, 6.07) is 1.68. The quantitative estimate of drug-likeness (QED) is 0.478. The molecule has 0 unspecified atom stereocenters. The number of hydrogen-bond acceptors (Lipinski definition) is 3. The van der Waals surface area contributed by atoms with Crippen LogP contribution in [-0.2, 0) is 4.79 Å². The number of esters is 1. The molecule has 3 nitrogen and oxygen atoms in total. The van der Waals surface area contributed by atoms with Crippen molar-refractivity contribution in [1.29, 1.82) is 0 Å². The summed E-state index contributed by atoms with van der Waals surface area (Å²) in [6.45, 7) is 0. The van der Waals surface area contributed by atoms with E-state index in [1.54, 1.807) is 0 Å². The second kappa shape index (κ2) is 5.61. The highest BCUT2D eigenvalue weighted by molar-refractivity contribution is 5.82. The highest BCUT2D eigenvalue weighted by atomic mass is 19.4.